The van der Waals surface area contributed by atoms with Crippen molar-refractivity contribution < 1.29 is 0 Å². The molecule has 0 saturated carbocycles. The first-order chi connectivity index (χ1) is 11.7. The Balaban J connectivity index is 1.65. The van der Waals surface area contributed by atoms with Crippen LogP contribution in [0.3, 0.4) is 0 Å². The molecule has 3 aromatic heterocycles. The second-order valence-electron chi connectivity index (χ2n) is 6.59. The summed E-state index contributed by atoms with van der Waals surface area (Å²) in [4.78, 5) is 24.0. The highest BCUT2D eigenvalue weighted by Gasteiger charge is 2.36. The number of piperidine rings is 3. The van der Waals surface area contributed by atoms with Crippen molar-refractivity contribution >= 4 is 37.5 Å². The average molecular weight is 406 g/mol. The first-order valence-corrected chi connectivity index (χ1v) is 9.77. The van der Waals surface area contributed by atoms with E-state index < -0.39 is 0 Å². The third kappa shape index (κ3) is 2.20. The van der Waals surface area contributed by atoms with E-state index in [1.54, 1.807) is 6.20 Å². The van der Waals surface area contributed by atoms with Crippen LogP contribution in [-0.4, -0.2) is 38.2 Å². The lowest BCUT2D eigenvalue weighted by atomic mass is 9.83. The van der Waals surface area contributed by atoms with Crippen LogP contribution in [-0.2, 0) is 0 Å². The van der Waals surface area contributed by atoms with Crippen molar-refractivity contribution in [2.24, 2.45) is 5.92 Å². The third-order valence-electron chi connectivity index (χ3n) is 5.23. The maximum atomic E-state index is 12.6. The minimum Gasteiger partial charge on any atom is -0.308 e. The molecule has 0 radical (unpaired) electrons. The average Bonchev–Trinajstić information content (AvgIpc) is 3.25. The summed E-state index contributed by atoms with van der Waals surface area (Å²) in [5.74, 6) is 1.59. The molecular weight excluding hydrogens is 390 g/mol. The quantitative estimate of drug-likeness (QED) is 0.685. The molecule has 124 valence electrons. The number of hydrogen-bond donors (Lipinski definition) is 2. The van der Waals surface area contributed by atoms with Gasteiger partial charge in [0.15, 0.2) is 0 Å². The van der Waals surface area contributed by atoms with E-state index in [2.05, 4.69) is 36.0 Å². The van der Waals surface area contributed by atoms with Crippen molar-refractivity contribution in [2.75, 3.05) is 13.1 Å². The second-order valence-corrected chi connectivity index (χ2v) is 8.41. The lowest BCUT2D eigenvalue weighted by molar-refractivity contribution is 0.0445. The van der Waals surface area contributed by atoms with Crippen LogP contribution < -0.4 is 5.56 Å². The molecule has 3 aliphatic heterocycles. The zero-order chi connectivity index (χ0) is 16.3. The minimum atomic E-state index is -0.0434. The number of H-pyrrole nitrogens is 2. The second kappa shape index (κ2) is 5.50. The van der Waals surface area contributed by atoms with Gasteiger partial charge in [-0.1, -0.05) is 0 Å². The van der Waals surface area contributed by atoms with Crippen molar-refractivity contribution in [1.29, 1.82) is 0 Å². The molecule has 3 aromatic rings. The molecule has 0 aliphatic carbocycles. The van der Waals surface area contributed by atoms with Crippen LogP contribution in [0.15, 0.2) is 21.7 Å². The van der Waals surface area contributed by atoms with Crippen LogP contribution in [0.1, 0.15) is 31.1 Å². The predicted molar refractivity (Wildman–Crippen MR) is 97.2 cm³/mol. The number of hydrogen-bond acceptors (Lipinski definition) is 5. The summed E-state index contributed by atoms with van der Waals surface area (Å²) in [6.07, 6.45) is 7.24. The lowest BCUT2D eigenvalue weighted by Crippen LogP contribution is -2.44. The van der Waals surface area contributed by atoms with E-state index in [0.717, 1.165) is 51.7 Å². The van der Waals surface area contributed by atoms with Gasteiger partial charge in [0, 0.05) is 11.8 Å². The number of nitrogens with zero attached hydrogens (tertiary/aromatic N) is 3. The monoisotopic (exact) mass is 405 g/mol. The van der Waals surface area contributed by atoms with Gasteiger partial charge < -0.3 is 4.98 Å². The number of rotatable bonds is 2. The standard InChI is InChI=1S/C16H16BrN5OS/c17-11-12-14(24-13(11)9-6-18-19-7-9)16(23)21-15(20-12)10-5-8-1-3-22(10)4-2-8/h6-8,10H,1-5H2,(H,18,19)(H,20,21,23)/t10-/m1/s1. The first kappa shape index (κ1) is 14.8. The van der Waals surface area contributed by atoms with Gasteiger partial charge in [-0.2, -0.15) is 5.10 Å². The highest BCUT2D eigenvalue weighted by atomic mass is 79.9. The van der Waals surface area contributed by atoms with E-state index in [4.69, 9.17) is 4.98 Å². The van der Waals surface area contributed by atoms with Crippen LogP contribution in [0, 0.1) is 5.92 Å². The van der Waals surface area contributed by atoms with Crippen molar-refractivity contribution in [1.82, 2.24) is 25.1 Å². The Morgan fingerprint density at radius 1 is 1.33 bits per heavy atom. The Morgan fingerprint density at radius 3 is 2.83 bits per heavy atom. The molecule has 2 bridgehead atoms. The molecule has 1 atom stereocenters. The Labute approximate surface area is 150 Å². The largest absolute Gasteiger partial charge is 0.308 e. The van der Waals surface area contributed by atoms with Gasteiger partial charge >= 0.3 is 0 Å². The number of nitrogens with one attached hydrogen (secondary N) is 2. The third-order valence-corrected chi connectivity index (χ3v) is 7.49. The Kier molecular flexibility index (Phi) is 3.39. The van der Waals surface area contributed by atoms with Crippen LogP contribution >= 0.6 is 27.3 Å². The molecule has 6 heterocycles. The summed E-state index contributed by atoms with van der Waals surface area (Å²) in [5.41, 5.74) is 1.68. The molecule has 0 amide bonds. The minimum absolute atomic E-state index is 0.0434. The fourth-order valence-corrected chi connectivity index (χ4v) is 5.84. The molecule has 24 heavy (non-hydrogen) atoms. The summed E-state index contributed by atoms with van der Waals surface area (Å²) in [7, 11) is 0. The van der Waals surface area contributed by atoms with Gasteiger partial charge in [-0.15, -0.1) is 11.3 Å². The van der Waals surface area contributed by atoms with Gasteiger partial charge in [0.2, 0.25) is 0 Å². The van der Waals surface area contributed by atoms with E-state index in [1.807, 2.05) is 6.20 Å². The van der Waals surface area contributed by atoms with Gasteiger partial charge in [-0.25, -0.2) is 4.98 Å². The van der Waals surface area contributed by atoms with Crippen molar-refractivity contribution in [3.8, 4) is 10.4 Å². The maximum absolute atomic E-state index is 12.6. The number of fused-ring (bicyclic) bond motifs is 4. The Bertz CT molecular complexity index is 955. The smallest absolute Gasteiger partial charge is 0.268 e. The van der Waals surface area contributed by atoms with Gasteiger partial charge in [0.05, 0.1) is 21.6 Å². The SMILES string of the molecule is O=c1[nH]c([C@H]2CC3CCN2CC3)nc2c(Br)c(-c3cn[nH]c3)sc12. The van der Waals surface area contributed by atoms with Gasteiger partial charge in [-0.05, 0) is 54.2 Å². The van der Waals surface area contributed by atoms with Gasteiger partial charge in [-0.3, -0.25) is 14.8 Å². The normalized spacial score (nSPS) is 26.3. The highest BCUT2D eigenvalue weighted by Crippen LogP contribution is 2.42. The molecule has 0 unspecified atom stereocenters. The molecule has 8 heteroatoms. The fraction of sp³-hybridized carbons (Fsp3) is 0.438. The van der Waals surface area contributed by atoms with Crippen LogP contribution in [0.5, 0.6) is 0 Å². The predicted octanol–water partition coefficient (Wildman–Crippen LogP) is 3.29. The van der Waals surface area contributed by atoms with E-state index in [-0.39, 0.29) is 11.6 Å². The number of aromatic nitrogens is 4. The van der Waals surface area contributed by atoms with Crippen molar-refractivity contribution in [2.45, 2.75) is 25.3 Å². The molecule has 0 aromatic carbocycles. The topological polar surface area (TPSA) is 77.7 Å². The molecule has 3 aliphatic rings. The molecule has 0 spiro atoms. The van der Waals surface area contributed by atoms with Gasteiger partial charge in [0.25, 0.3) is 5.56 Å². The Morgan fingerprint density at radius 2 is 2.17 bits per heavy atom. The molecule has 3 saturated heterocycles. The molecule has 6 rings (SSSR count). The van der Waals surface area contributed by atoms with Crippen molar-refractivity contribution in [3.05, 3.63) is 33.0 Å². The first-order valence-electron chi connectivity index (χ1n) is 8.16. The maximum Gasteiger partial charge on any atom is 0.268 e. The number of aromatic amines is 2. The van der Waals surface area contributed by atoms with Crippen molar-refractivity contribution in [3.63, 3.8) is 0 Å². The molecular formula is C16H16BrN5OS. The van der Waals surface area contributed by atoms with E-state index in [9.17, 15) is 4.79 Å². The van der Waals surface area contributed by atoms with Crippen LogP contribution in [0.2, 0.25) is 0 Å². The summed E-state index contributed by atoms with van der Waals surface area (Å²) in [6.45, 7) is 2.23. The van der Waals surface area contributed by atoms with Crippen LogP contribution in [0.25, 0.3) is 20.7 Å². The fourth-order valence-electron chi connectivity index (χ4n) is 3.95. The van der Waals surface area contributed by atoms with E-state index in [0.29, 0.717) is 4.70 Å². The summed E-state index contributed by atoms with van der Waals surface area (Å²) in [5, 5.41) is 6.82. The summed E-state index contributed by atoms with van der Waals surface area (Å²) >= 11 is 5.10. The molecule has 3 fully saturated rings. The Hall–Kier alpha value is -1.51. The highest BCUT2D eigenvalue weighted by molar-refractivity contribution is 9.10. The van der Waals surface area contributed by atoms with E-state index in [1.165, 1.54) is 24.2 Å². The van der Waals surface area contributed by atoms with Gasteiger partial charge in [0.1, 0.15) is 16.0 Å². The van der Waals surface area contributed by atoms with E-state index >= 15 is 0 Å². The zero-order valence-corrected chi connectivity index (χ0v) is 15.3. The molecule has 2 N–H and O–H groups in total. The number of halogens is 1. The van der Waals surface area contributed by atoms with Crippen LogP contribution in [0.4, 0.5) is 0 Å². The number of thiophene rings is 1. The molecule has 6 nitrogen and oxygen atoms in total. The lowest BCUT2D eigenvalue weighted by Gasteiger charge is -2.44. The zero-order valence-electron chi connectivity index (χ0n) is 12.9. The summed E-state index contributed by atoms with van der Waals surface area (Å²) < 4.78 is 1.55. The summed E-state index contributed by atoms with van der Waals surface area (Å²) in [6, 6.07) is 0.249.